The lowest BCUT2D eigenvalue weighted by Gasteiger charge is -2.38. The van der Waals surface area contributed by atoms with Crippen LogP contribution in [-0.2, 0) is 4.79 Å². The summed E-state index contributed by atoms with van der Waals surface area (Å²) in [5, 5.41) is 0. The smallest absolute Gasteiger partial charge is 0.262 e. The Labute approximate surface area is 149 Å². The van der Waals surface area contributed by atoms with Crippen LogP contribution in [-0.4, -0.2) is 52.7 Å². The van der Waals surface area contributed by atoms with E-state index in [1.54, 1.807) is 23.1 Å². The van der Waals surface area contributed by atoms with Gasteiger partial charge in [0.1, 0.15) is 6.54 Å². The van der Waals surface area contributed by atoms with E-state index in [4.69, 9.17) is 5.73 Å². The highest BCUT2D eigenvalue weighted by Crippen LogP contribution is 2.27. The fourth-order valence-electron chi connectivity index (χ4n) is 3.45. The van der Waals surface area contributed by atoms with Crippen molar-refractivity contribution in [2.24, 2.45) is 5.73 Å². The molecule has 2 atom stereocenters. The first-order valence-corrected chi connectivity index (χ1v) is 8.90. The van der Waals surface area contributed by atoms with Crippen LogP contribution >= 0.6 is 15.9 Å². The number of fused-ring (bicyclic) bond motifs is 1. The van der Waals surface area contributed by atoms with E-state index >= 15 is 0 Å². The average molecular weight is 394 g/mol. The van der Waals surface area contributed by atoms with E-state index in [0.29, 0.717) is 17.7 Å². The fraction of sp³-hybridized carbons (Fsp3) is 0.471. The Morgan fingerprint density at radius 1 is 1.29 bits per heavy atom. The second kappa shape index (κ2) is 6.64. The summed E-state index contributed by atoms with van der Waals surface area (Å²) in [6, 6.07) is 4.77. The minimum Gasteiger partial charge on any atom is -0.337 e. The van der Waals surface area contributed by atoms with Crippen molar-refractivity contribution in [2.45, 2.75) is 38.3 Å². The summed E-state index contributed by atoms with van der Waals surface area (Å²) in [4.78, 5) is 40.4. The van der Waals surface area contributed by atoms with Crippen LogP contribution in [0.2, 0.25) is 0 Å². The van der Waals surface area contributed by atoms with E-state index in [-0.39, 0.29) is 24.5 Å². The molecule has 0 bridgehead atoms. The number of amides is 3. The summed E-state index contributed by atoms with van der Waals surface area (Å²) in [5.41, 5.74) is 6.68. The van der Waals surface area contributed by atoms with E-state index in [2.05, 4.69) is 15.9 Å². The summed E-state index contributed by atoms with van der Waals surface area (Å²) in [6.07, 6.45) is 2.82. The van der Waals surface area contributed by atoms with E-state index < -0.39 is 11.8 Å². The highest BCUT2D eigenvalue weighted by molar-refractivity contribution is 9.10. The van der Waals surface area contributed by atoms with E-state index in [0.717, 1.165) is 28.6 Å². The number of nitrogens with two attached hydrogens (primary N) is 1. The summed E-state index contributed by atoms with van der Waals surface area (Å²) >= 11 is 3.30. The number of nitrogens with zero attached hydrogens (tertiary/aromatic N) is 2. The van der Waals surface area contributed by atoms with Gasteiger partial charge in [-0.1, -0.05) is 15.9 Å². The van der Waals surface area contributed by atoms with Gasteiger partial charge < -0.3 is 10.6 Å². The summed E-state index contributed by atoms with van der Waals surface area (Å²) in [5.74, 6) is -1.05. The molecule has 6 nitrogen and oxygen atoms in total. The summed E-state index contributed by atoms with van der Waals surface area (Å²) in [7, 11) is 0. The van der Waals surface area contributed by atoms with Crippen LogP contribution in [0.25, 0.3) is 0 Å². The van der Waals surface area contributed by atoms with E-state index in [9.17, 15) is 14.4 Å². The number of likely N-dealkylation sites (tertiary alicyclic amines) is 1. The molecular weight excluding hydrogens is 374 g/mol. The van der Waals surface area contributed by atoms with Gasteiger partial charge in [0.05, 0.1) is 11.1 Å². The van der Waals surface area contributed by atoms with Gasteiger partial charge in [-0.05, 0) is 44.4 Å². The van der Waals surface area contributed by atoms with Gasteiger partial charge in [0.25, 0.3) is 11.8 Å². The van der Waals surface area contributed by atoms with Crippen molar-refractivity contribution in [3.63, 3.8) is 0 Å². The fourth-order valence-corrected chi connectivity index (χ4v) is 3.81. The monoisotopic (exact) mass is 393 g/mol. The summed E-state index contributed by atoms with van der Waals surface area (Å²) in [6.45, 7) is 2.28. The molecule has 0 aromatic heterocycles. The number of hydrogen-bond acceptors (Lipinski definition) is 4. The van der Waals surface area contributed by atoms with Crippen molar-refractivity contribution in [3.05, 3.63) is 33.8 Å². The normalized spacial score (nSPS) is 21.9. The molecule has 128 valence electrons. The molecule has 2 heterocycles. The topological polar surface area (TPSA) is 83.7 Å². The molecule has 24 heavy (non-hydrogen) atoms. The van der Waals surface area contributed by atoms with Gasteiger partial charge in [-0.3, -0.25) is 19.3 Å². The number of carbonyl (C=O) groups excluding carboxylic acids is 3. The molecule has 1 aromatic rings. The molecule has 2 unspecified atom stereocenters. The number of imide groups is 1. The summed E-state index contributed by atoms with van der Waals surface area (Å²) < 4.78 is 0.726. The van der Waals surface area contributed by atoms with Crippen LogP contribution in [0.1, 0.15) is 46.9 Å². The minimum absolute atomic E-state index is 0.0319. The third-order valence-electron chi connectivity index (χ3n) is 4.70. The van der Waals surface area contributed by atoms with Crippen molar-refractivity contribution in [1.29, 1.82) is 0 Å². The molecular formula is C17H20BrN3O3. The predicted octanol–water partition coefficient (Wildman–Crippen LogP) is 1.77. The van der Waals surface area contributed by atoms with Gasteiger partial charge in [0, 0.05) is 23.1 Å². The molecule has 3 rings (SSSR count). The standard InChI is InChI=1S/C17H20BrN3O3/c1-10(19)14-4-2-3-7-20(14)15(22)9-21-16(23)12-6-5-11(18)8-13(12)17(21)24/h5-6,8,10,14H,2-4,7,9,19H2,1H3. The highest BCUT2D eigenvalue weighted by atomic mass is 79.9. The Morgan fingerprint density at radius 3 is 2.71 bits per heavy atom. The zero-order chi connectivity index (χ0) is 17.4. The van der Waals surface area contributed by atoms with Gasteiger partial charge in [-0.2, -0.15) is 0 Å². The number of benzene rings is 1. The third-order valence-corrected chi connectivity index (χ3v) is 5.20. The van der Waals surface area contributed by atoms with Crippen LogP contribution in [0.15, 0.2) is 22.7 Å². The second-order valence-electron chi connectivity index (χ2n) is 6.40. The number of rotatable bonds is 3. The van der Waals surface area contributed by atoms with Crippen molar-refractivity contribution in [3.8, 4) is 0 Å². The highest BCUT2D eigenvalue weighted by Gasteiger charge is 2.39. The lowest BCUT2D eigenvalue weighted by Crippen LogP contribution is -2.54. The molecule has 3 amide bonds. The molecule has 0 aliphatic carbocycles. The van der Waals surface area contributed by atoms with Gasteiger partial charge in [-0.25, -0.2) is 0 Å². The maximum atomic E-state index is 12.7. The largest absolute Gasteiger partial charge is 0.337 e. The van der Waals surface area contributed by atoms with E-state index in [1.807, 2.05) is 6.92 Å². The zero-order valence-corrected chi connectivity index (χ0v) is 15.1. The van der Waals surface area contributed by atoms with Gasteiger partial charge in [-0.15, -0.1) is 0 Å². The van der Waals surface area contributed by atoms with E-state index in [1.165, 1.54) is 0 Å². The molecule has 1 aromatic carbocycles. The first-order valence-electron chi connectivity index (χ1n) is 8.11. The van der Waals surface area contributed by atoms with Crippen molar-refractivity contribution >= 4 is 33.7 Å². The Balaban J connectivity index is 1.78. The van der Waals surface area contributed by atoms with Crippen molar-refractivity contribution in [1.82, 2.24) is 9.80 Å². The molecule has 0 saturated carbocycles. The molecule has 2 aliphatic heterocycles. The van der Waals surface area contributed by atoms with Gasteiger partial charge in [0.15, 0.2) is 0 Å². The Kier molecular flexibility index (Phi) is 4.73. The molecule has 2 N–H and O–H groups in total. The molecule has 0 spiro atoms. The first-order chi connectivity index (χ1) is 11.4. The van der Waals surface area contributed by atoms with Crippen LogP contribution in [0.5, 0.6) is 0 Å². The third kappa shape index (κ3) is 2.98. The van der Waals surface area contributed by atoms with Crippen molar-refractivity contribution < 1.29 is 14.4 Å². The minimum atomic E-state index is -0.418. The lowest BCUT2D eigenvalue weighted by molar-refractivity contribution is -0.135. The Morgan fingerprint density at radius 2 is 2.00 bits per heavy atom. The SMILES string of the molecule is CC(N)C1CCCCN1C(=O)CN1C(=O)c2ccc(Br)cc2C1=O. The van der Waals surface area contributed by atoms with Crippen molar-refractivity contribution in [2.75, 3.05) is 13.1 Å². The maximum absolute atomic E-state index is 12.7. The number of halogens is 1. The number of piperidine rings is 1. The number of carbonyl (C=O) groups is 3. The van der Waals surface area contributed by atoms with Gasteiger partial charge >= 0.3 is 0 Å². The molecule has 0 radical (unpaired) electrons. The average Bonchev–Trinajstić information content (AvgIpc) is 2.79. The van der Waals surface area contributed by atoms with Crippen LogP contribution in [0.3, 0.4) is 0 Å². The van der Waals surface area contributed by atoms with Crippen LogP contribution in [0.4, 0.5) is 0 Å². The second-order valence-corrected chi connectivity index (χ2v) is 7.31. The van der Waals surface area contributed by atoms with Crippen LogP contribution < -0.4 is 5.73 Å². The Bertz CT molecular complexity index is 704. The number of hydrogen-bond donors (Lipinski definition) is 1. The predicted molar refractivity (Wildman–Crippen MR) is 92.5 cm³/mol. The quantitative estimate of drug-likeness (QED) is 0.793. The lowest BCUT2D eigenvalue weighted by atomic mass is 9.97. The zero-order valence-electron chi connectivity index (χ0n) is 13.5. The molecule has 7 heteroatoms. The molecule has 1 saturated heterocycles. The Hall–Kier alpha value is -1.73. The van der Waals surface area contributed by atoms with Crippen LogP contribution in [0, 0.1) is 0 Å². The molecule has 1 fully saturated rings. The first kappa shape index (κ1) is 17.1. The molecule has 2 aliphatic rings. The maximum Gasteiger partial charge on any atom is 0.262 e. The van der Waals surface area contributed by atoms with Gasteiger partial charge in [0.2, 0.25) is 5.91 Å².